The minimum atomic E-state index is -0.857. The van der Waals surface area contributed by atoms with Crippen molar-refractivity contribution in [2.75, 3.05) is 20.6 Å². The number of likely N-dealkylation sites (N-methyl/N-ethyl adjacent to an activating group) is 1. The second-order valence-electron chi connectivity index (χ2n) is 7.97. The molecule has 156 valence electrons. The predicted octanol–water partition coefficient (Wildman–Crippen LogP) is 1.51. The van der Waals surface area contributed by atoms with Crippen molar-refractivity contribution in [1.29, 1.82) is 0 Å². The van der Waals surface area contributed by atoms with Gasteiger partial charge in [0, 0.05) is 26.2 Å². The first-order valence-corrected chi connectivity index (χ1v) is 9.97. The molecule has 2 unspecified atom stereocenters. The molecule has 1 heterocycles. The van der Waals surface area contributed by atoms with Gasteiger partial charge in [-0.2, -0.15) is 0 Å². The van der Waals surface area contributed by atoms with E-state index >= 15 is 0 Å². The Balaban J connectivity index is 1.63. The summed E-state index contributed by atoms with van der Waals surface area (Å²) >= 11 is 0. The van der Waals surface area contributed by atoms with E-state index in [0.29, 0.717) is 18.5 Å². The Labute approximate surface area is 170 Å². The fourth-order valence-electron chi connectivity index (χ4n) is 4.16. The molecule has 1 aromatic carbocycles. The number of hydrogen-bond donors (Lipinski definition) is 2. The van der Waals surface area contributed by atoms with Gasteiger partial charge >= 0.3 is 6.03 Å². The monoisotopic (exact) mass is 400 g/mol. The predicted molar refractivity (Wildman–Crippen MR) is 107 cm³/mol. The summed E-state index contributed by atoms with van der Waals surface area (Å²) in [7, 11) is 3.20. The van der Waals surface area contributed by atoms with Crippen LogP contribution in [0.5, 0.6) is 0 Å². The van der Waals surface area contributed by atoms with Crippen molar-refractivity contribution in [3.63, 3.8) is 0 Å². The Bertz CT molecular complexity index is 822. The number of nitrogens with zero attached hydrogens (tertiary/aromatic N) is 2. The second-order valence-corrected chi connectivity index (χ2v) is 7.97. The molecule has 1 aliphatic carbocycles. The molecule has 0 radical (unpaired) electrons. The van der Waals surface area contributed by atoms with Gasteiger partial charge in [0.05, 0.1) is 0 Å². The van der Waals surface area contributed by atoms with Crippen LogP contribution in [0.2, 0.25) is 0 Å². The van der Waals surface area contributed by atoms with Crippen LogP contribution >= 0.6 is 0 Å². The van der Waals surface area contributed by atoms with Crippen LogP contribution in [0.1, 0.15) is 48.5 Å². The Hall–Kier alpha value is -2.90. The van der Waals surface area contributed by atoms with Gasteiger partial charge in [-0.1, -0.05) is 31.9 Å². The number of carbonyl (C=O) groups is 4. The van der Waals surface area contributed by atoms with Crippen molar-refractivity contribution in [2.24, 2.45) is 5.92 Å². The summed E-state index contributed by atoms with van der Waals surface area (Å²) in [6.45, 7) is 2.03. The van der Waals surface area contributed by atoms with Crippen LogP contribution in [-0.4, -0.2) is 59.7 Å². The summed E-state index contributed by atoms with van der Waals surface area (Å²) in [5.41, 5.74) is 0.531. The zero-order valence-corrected chi connectivity index (χ0v) is 17.2. The van der Waals surface area contributed by atoms with E-state index in [4.69, 9.17) is 0 Å². The van der Waals surface area contributed by atoms with Crippen LogP contribution in [0.4, 0.5) is 4.79 Å². The van der Waals surface area contributed by atoms with Gasteiger partial charge in [0.25, 0.3) is 11.8 Å². The number of amides is 5. The summed E-state index contributed by atoms with van der Waals surface area (Å²) < 4.78 is 0. The van der Waals surface area contributed by atoms with Crippen molar-refractivity contribution >= 4 is 23.8 Å². The van der Waals surface area contributed by atoms with Gasteiger partial charge in [0.1, 0.15) is 12.1 Å². The average molecular weight is 400 g/mol. The molecule has 1 aromatic rings. The highest BCUT2D eigenvalue weighted by Gasteiger charge is 2.55. The lowest BCUT2D eigenvalue weighted by Gasteiger charge is -2.36. The van der Waals surface area contributed by atoms with Crippen LogP contribution in [0.15, 0.2) is 24.3 Å². The zero-order valence-electron chi connectivity index (χ0n) is 17.2. The lowest BCUT2D eigenvalue weighted by atomic mass is 9.73. The maximum Gasteiger partial charge on any atom is 0.325 e. The van der Waals surface area contributed by atoms with E-state index in [9.17, 15) is 19.2 Å². The van der Waals surface area contributed by atoms with Crippen LogP contribution in [-0.2, 0) is 16.1 Å². The molecule has 2 fully saturated rings. The topological polar surface area (TPSA) is 98.8 Å². The standard InChI is InChI=1S/C21H28N4O4/c1-14-6-4-5-11-21(14)19(28)25(20(29)23-21)13-17(26)24(3)12-15-7-9-16(10-8-15)18(27)22-2/h7-10,14H,4-6,11-13H2,1-3H3,(H,22,27)(H,23,29). The smallest absolute Gasteiger partial charge is 0.325 e. The molecule has 5 amide bonds. The van der Waals surface area contributed by atoms with Crippen molar-refractivity contribution < 1.29 is 19.2 Å². The van der Waals surface area contributed by atoms with Crippen LogP contribution < -0.4 is 10.6 Å². The van der Waals surface area contributed by atoms with E-state index in [0.717, 1.165) is 29.7 Å². The lowest BCUT2D eigenvalue weighted by molar-refractivity contribution is -0.140. The van der Waals surface area contributed by atoms with Crippen molar-refractivity contribution in [3.8, 4) is 0 Å². The van der Waals surface area contributed by atoms with Crippen LogP contribution in [0.3, 0.4) is 0 Å². The lowest BCUT2D eigenvalue weighted by Crippen LogP contribution is -2.54. The van der Waals surface area contributed by atoms with Gasteiger partial charge in [-0.25, -0.2) is 4.79 Å². The third-order valence-electron chi connectivity index (χ3n) is 6.08. The largest absolute Gasteiger partial charge is 0.355 e. The van der Waals surface area contributed by atoms with Crippen molar-refractivity contribution in [2.45, 2.75) is 44.7 Å². The van der Waals surface area contributed by atoms with Gasteiger partial charge in [-0.3, -0.25) is 19.3 Å². The molecule has 1 aliphatic heterocycles. The van der Waals surface area contributed by atoms with Gasteiger partial charge in [0.2, 0.25) is 5.91 Å². The average Bonchev–Trinajstić information content (AvgIpc) is 2.95. The Morgan fingerprint density at radius 3 is 2.55 bits per heavy atom. The molecule has 2 aliphatic rings. The number of rotatable bonds is 5. The molecule has 0 aromatic heterocycles. The fourth-order valence-corrected chi connectivity index (χ4v) is 4.16. The molecule has 0 bridgehead atoms. The van der Waals surface area contributed by atoms with Gasteiger partial charge in [-0.05, 0) is 36.5 Å². The van der Waals surface area contributed by atoms with E-state index in [2.05, 4.69) is 10.6 Å². The first-order valence-electron chi connectivity index (χ1n) is 9.97. The highest BCUT2D eigenvalue weighted by Crippen LogP contribution is 2.38. The minimum absolute atomic E-state index is 0.0596. The maximum atomic E-state index is 13.0. The summed E-state index contributed by atoms with van der Waals surface area (Å²) in [4.78, 5) is 52.2. The normalized spacial score (nSPS) is 23.8. The molecule has 1 saturated heterocycles. The molecule has 1 saturated carbocycles. The summed E-state index contributed by atoms with van der Waals surface area (Å²) in [6.07, 6.45) is 3.45. The molecule has 8 nitrogen and oxygen atoms in total. The first-order chi connectivity index (χ1) is 13.8. The Morgan fingerprint density at radius 2 is 1.93 bits per heavy atom. The number of benzene rings is 1. The van der Waals surface area contributed by atoms with Gasteiger partial charge in [-0.15, -0.1) is 0 Å². The molecule has 1 spiro atoms. The maximum absolute atomic E-state index is 13.0. The summed E-state index contributed by atoms with van der Waals surface area (Å²) in [5, 5.41) is 5.42. The number of nitrogens with one attached hydrogen (secondary N) is 2. The van der Waals surface area contributed by atoms with E-state index in [1.165, 1.54) is 4.90 Å². The van der Waals surface area contributed by atoms with Gasteiger partial charge in [0.15, 0.2) is 0 Å². The molecule has 29 heavy (non-hydrogen) atoms. The zero-order chi connectivity index (χ0) is 21.2. The van der Waals surface area contributed by atoms with E-state index in [1.54, 1.807) is 38.4 Å². The number of hydrogen-bond acceptors (Lipinski definition) is 4. The van der Waals surface area contributed by atoms with Crippen molar-refractivity contribution in [1.82, 2.24) is 20.4 Å². The first kappa shape index (κ1) is 20.8. The molecular formula is C21H28N4O4. The molecular weight excluding hydrogens is 372 g/mol. The van der Waals surface area contributed by atoms with Crippen LogP contribution in [0.25, 0.3) is 0 Å². The van der Waals surface area contributed by atoms with Gasteiger partial charge < -0.3 is 15.5 Å². The van der Waals surface area contributed by atoms with E-state index in [-0.39, 0.29) is 30.2 Å². The number of urea groups is 1. The molecule has 2 atom stereocenters. The van der Waals surface area contributed by atoms with Crippen LogP contribution in [0, 0.1) is 5.92 Å². The second kappa shape index (κ2) is 8.23. The van der Waals surface area contributed by atoms with E-state index in [1.807, 2.05) is 6.92 Å². The molecule has 8 heteroatoms. The highest BCUT2D eigenvalue weighted by molar-refractivity contribution is 6.09. The minimum Gasteiger partial charge on any atom is -0.355 e. The third-order valence-corrected chi connectivity index (χ3v) is 6.08. The van der Waals surface area contributed by atoms with E-state index < -0.39 is 11.6 Å². The SMILES string of the molecule is CNC(=O)c1ccc(CN(C)C(=O)CN2C(=O)NC3(CCCCC3C)C2=O)cc1. The molecule has 3 rings (SSSR count). The number of imide groups is 1. The summed E-state index contributed by atoms with van der Waals surface area (Å²) in [5.74, 6) is -0.717. The highest BCUT2D eigenvalue weighted by atomic mass is 16.2. The fraction of sp³-hybridized carbons (Fsp3) is 0.524. The third kappa shape index (κ3) is 3.97. The Kier molecular flexibility index (Phi) is 5.91. The Morgan fingerprint density at radius 1 is 1.24 bits per heavy atom. The summed E-state index contributed by atoms with van der Waals surface area (Å²) in [6, 6.07) is 6.46. The number of carbonyl (C=O) groups excluding carboxylic acids is 4. The quantitative estimate of drug-likeness (QED) is 0.732. The van der Waals surface area contributed by atoms with Crippen molar-refractivity contribution in [3.05, 3.63) is 35.4 Å². The molecule has 2 N–H and O–H groups in total.